The van der Waals surface area contributed by atoms with Crippen molar-refractivity contribution in [2.24, 2.45) is 0 Å². The molecule has 114 valence electrons. The van der Waals surface area contributed by atoms with Crippen molar-refractivity contribution in [3.05, 3.63) is 12.3 Å². The fraction of sp³-hybridized carbons (Fsp3) is 0.500. The summed E-state index contributed by atoms with van der Waals surface area (Å²) in [6.07, 6.45) is 4.56. The van der Waals surface area contributed by atoms with Gasteiger partial charge in [-0.1, -0.05) is 19.8 Å². The molecule has 4 N–H and O–H groups in total. The van der Waals surface area contributed by atoms with Gasteiger partial charge in [-0.3, -0.25) is 0 Å². The molecule has 7 nitrogen and oxygen atoms in total. The van der Waals surface area contributed by atoms with Gasteiger partial charge < -0.3 is 20.9 Å². The third-order valence-corrected chi connectivity index (χ3v) is 3.23. The first kappa shape index (κ1) is 15.2. The molecule has 2 aromatic heterocycles. The molecule has 0 saturated carbocycles. The molecule has 21 heavy (non-hydrogen) atoms. The van der Waals surface area contributed by atoms with Crippen LogP contribution in [0.2, 0.25) is 0 Å². The van der Waals surface area contributed by atoms with Gasteiger partial charge in [0.25, 0.3) is 0 Å². The minimum atomic E-state index is -0.0775. The lowest BCUT2D eigenvalue weighted by molar-refractivity contribution is 0.267. The normalized spacial score (nSPS) is 12.3. The van der Waals surface area contributed by atoms with Crippen LogP contribution in [0.15, 0.2) is 12.3 Å². The highest BCUT2D eigenvalue weighted by Gasteiger charge is 2.13. The second-order valence-corrected chi connectivity index (χ2v) is 4.84. The number of fused-ring (bicyclic) bond motifs is 1. The summed E-state index contributed by atoms with van der Waals surface area (Å²) in [5.74, 6) is 1.30. The number of nitrogen functional groups attached to an aromatic ring is 1. The molecule has 0 aliphatic heterocycles. The highest BCUT2D eigenvalue weighted by atomic mass is 16.5. The number of pyridine rings is 1. The molecule has 1 unspecified atom stereocenters. The maximum absolute atomic E-state index is 9.46. The first-order valence-electron chi connectivity index (χ1n) is 7.02. The summed E-state index contributed by atoms with van der Waals surface area (Å²) in [7, 11) is 1.57. The summed E-state index contributed by atoms with van der Waals surface area (Å²) in [6, 6.07) is 1.68. The van der Waals surface area contributed by atoms with Crippen molar-refractivity contribution in [2.45, 2.75) is 32.2 Å². The van der Waals surface area contributed by atoms with E-state index in [0.29, 0.717) is 22.6 Å². The van der Waals surface area contributed by atoms with Crippen LogP contribution in [-0.4, -0.2) is 39.8 Å². The molecule has 0 amide bonds. The molecule has 1 atom stereocenters. The van der Waals surface area contributed by atoms with Crippen LogP contribution >= 0.6 is 0 Å². The van der Waals surface area contributed by atoms with Gasteiger partial charge in [0.1, 0.15) is 16.8 Å². The number of ether oxygens (including phenoxy) is 1. The van der Waals surface area contributed by atoms with Crippen molar-refractivity contribution in [3.8, 4) is 5.75 Å². The lowest BCUT2D eigenvalue weighted by Gasteiger charge is -2.17. The fourth-order valence-electron chi connectivity index (χ4n) is 2.08. The molecule has 0 saturated heterocycles. The summed E-state index contributed by atoms with van der Waals surface area (Å²) in [6.45, 7) is 2.14. The van der Waals surface area contributed by atoms with Gasteiger partial charge in [0.2, 0.25) is 5.95 Å². The van der Waals surface area contributed by atoms with Crippen molar-refractivity contribution in [1.82, 2.24) is 15.0 Å². The third kappa shape index (κ3) is 3.69. The van der Waals surface area contributed by atoms with Crippen LogP contribution < -0.4 is 15.8 Å². The van der Waals surface area contributed by atoms with Crippen molar-refractivity contribution in [1.29, 1.82) is 0 Å². The molecule has 0 aromatic carbocycles. The number of methoxy groups -OCH3 is 1. The van der Waals surface area contributed by atoms with Crippen LogP contribution in [0, 0.1) is 0 Å². The summed E-state index contributed by atoms with van der Waals surface area (Å²) >= 11 is 0. The SMILES string of the molecule is CCCCC(CO)Nc1nc(N)nc2cc(OC)cnc12. The number of nitrogens with zero attached hydrogens (tertiary/aromatic N) is 3. The molecular formula is C14H21N5O2. The molecule has 0 aliphatic rings. The summed E-state index contributed by atoms with van der Waals surface area (Å²) < 4.78 is 5.13. The van der Waals surface area contributed by atoms with E-state index in [1.807, 2.05) is 0 Å². The third-order valence-electron chi connectivity index (χ3n) is 3.23. The van der Waals surface area contributed by atoms with E-state index >= 15 is 0 Å². The van der Waals surface area contributed by atoms with E-state index in [9.17, 15) is 5.11 Å². The smallest absolute Gasteiger partial charge is 0.222 e. The maximum Gasteiger partial charge on any atom is 0.222 e. The second kappa shape index (κ2) is 7.03. The Balaban J connectivity index is 2.33. The number of rotatable bonds is 7. The zero-order valence-electron chi connectivity index (χ0n) is 12.3. The zero-order valence-corrected chi connectivity index (χ0v) is 12.3. The van der Waals surface area contributed by atoms with E-state index in [-0.39, 0.29) is 18.6 Å². The Bertz CT molecular complexity index is 605. The summed E-state index contributed by atoms with van der Waals surface area (Å²) in [5, 5.41) is 12.7. The van der Waals surface area contributed by atoms with Gasteiger partial charge in [-0.15, -0.1) is 0 Å². The maximum atomic E-state index is 9.46. The predicted octanol–water partition coefficient (Wildman–Crippen LogP) is 1.58. The van der Waals surface area contributed by atoms with Crippen LogP contribution in [0.4, 0.5) is 11.8 Å². The van der Waals surface area contributed by atoms with Gasteiger partial charge in [-0.2, -0.15) is 4.98 Å². The quantitative estimate of drug-likeness (QED) is 0.711. The van der Waals surface area contributed by atoms with Crippen molar-refractivity contribution in [2.75, 3.05) is 24.8 Å². The van der Waals surface area contributed by atoms with Crippen LogP contribution in [0.1, 0.15) is 26.2 Å². The van der Waals surface area contributed by atoms with Crippen molar-refractivity contribution >= 4 is 22.8 Å². The highest BCUT2D eigenvalue weighted by molar-refractivity contribution is 5.86. The van der Waals surface area contributed by atoms with Crippen LogP contribution in [0.25, 0.3) is 11.0 Å². The van der Waals surface area contributed by atoms with Gasteiger partial charge >= 0.3 is 0 Å². The number of unbranched alkanes of at least 4 members (excludes halogenated alkanes) is 1. The van der Waals surface area contributed by atoms with Crippen LogP contribution in [0.3, 0.4) is 0 Å². The Kier molecular flexibility index (Phi) is 5.10. The number of aliphatic hydroxyl groups is 1. The number of nitrogens with two attached hydrogens (primary N) is 1. The number of aromatic nitrogens is 3. The summed E-state index contributed by atoms with van der Waals surface area (Å²) in [5.41, 5.74) is 6.96. The zero-order chi connectivity index (χ0) is 15.2. The summed E-state index contributed by atoms with van der Waals surface area (Å²) in [4.78, 5) is 12.7. The van der Waals surface area contributed by atoms with Crippen molar-refractivity contribution < 1.29 is 9.84 Å². The van der Waals surface area contributed by atoms with E-state index in [1.165, 1.54) is 0 Å². The Labute approximate surface area is 123 Å². The van der Waals surface area contributed by atoms with E-state index in [2.05, 4.69) is 27.2 Å². The molecular weight excluding hydrogens is 270 g/mol. The monoisotopic (exact) mass is 291 g/mol. The van der Waals surface area contributed by atoms with Gasteiger partial charge in [-0.25, -0.2) is 9.97 Å². The molecule has 0 spiro atoms. The molecule has 0 aliphatic carbocycles. The molecule has 0 radical (unpaired) electrons. The molecule has 0 bridgehead atoms. The molecule has 2 heterocycles. The minimum Gasteiger partial charge on any atom is -0.495 e. The molecule has 2 rings (SSSR count). The number of hydrogen-bond acceptors (Lipinski definition) is 7. The van der Waals surface area contributed by atoms with Crippen LogP contribution in [-0.2, 0) is 0 Å². The first-order chi connectivity index (χ1) is 10.2. The molecule has 0 fully saturated rings. The average Bonchev–Trinajstić information content (AvgIpc) is 2.50. The Hall–Kier alpha value is -2.15. The molecule has 2 aromatic rings. The number of aliphatic hydroxyl groups excluding tert-OH is 1. The lowest BCUT2D eigenvalue weighted by Crippen LogP contribution is -2.24. The second-order valence-electron chi connectivity index (χ2n) is 4.84. The Morgan fingerprint density at radius 1 is 1.43 bits per heavy atom. The first-order valence-corrected chi connectivity index (χ1v) is 7.02. The van der Waals surface area contributed by atoms with Gasteiger partial charge in [0.15, 0.2) is 5.82 Å². The van der Waals surface area contributed by atoms with Crippen LogP contribution in [0.5, 0.6) is 5.75 Å². The highest BCUT2D eigenvalue weighted by Crippen LogP contribution is 2.23. The van der Waals surface area contributed by atoms with Gasteiger partial charge in [0.05, 0.1) is 26.0 Å². The Morgan fingerprint density at radius 3 is 2.90 bits per heavy atom. The number of anilines is 2. The predicted molar refractivity (Wildman–Crippen MR) is 82.3 cm³/mol. The number of nitrogens with one attached hydrogen (secondary N) is 1. The van der Waals surface area contributed by atoms with Crippen molar-refractivity contribution in [3.63, 3.8) is 0 Å². The Morgan fingerprint density at radius 2 is 2.24 bits per heavy atom. The topological polar surface area (TPSA) is 106 Å². The van der Waals surface area contributed by atoms with E-state index in [4.69, 9.17) is 10.5 Å². The fourth-order valence-corrected chi connectivity index (χ4v) is 2.08. The number of hydrogen-bond donors (Lipinski definition) is 3. The van der Waals surface area contributed by atoms with E-state index < -0.39 is 0 Å². The van der Waals surface area contributed by atoms with E-state index in [1.54, 1.807) is 19.4 Å². The lowest BCUT2D eigenvalue weighted by atomic mass is 10.1. The van der Waals surface area contributed by atoms with Gasteiger partial charge in [-0.05, 0) is 6.42 Å². The van der Waals surface area contributed by atoms with Gasteiger partial charge in [0, 0.05) is 6.07 Å². The largest absolute Gasteiger partial charge is 0.495 e. The minimum absolute atomic E-state index is 0.0293. The van der Waals surface area contributed by atoms with E-state index in [0.717, 1.165) is 19.3 Å². The molecule has 7 heteroatoms. The standard InChI is InChI=1S/C14H21N5O2/c1-3-4-5-9(8-20)17-13-12-11(18-14(15)19-13)6-10(21-2)7-16-12/h6-7,9,20H,3-5,8H2,1-2H3,(H3,15,17,18,19). The average molecular weight is 291 g/mol.